The monoisotopic (exact) mass is 364 g/mol. The Morgan fingerprint density at radius 2 is 2.04 bits per heavy atom. The van der Waals surface area contributed by atoms with E-state index in [1.165, 1.54) is 17.0 Å². The van der Waals surface area contributed by atoms with Gasteiger partial charge in [0.2, 0.25) is 15.9 Å². The van der Waals surface area contributed by atoms with Gasteiger partial charge in [-0.15, -0.1) is 0 Å². The van der Waals surface area contributed by atoms with Gasteiger partial charge in [-0.3, -0.25) is 9.71 Å². The first-order chi connectivity index (χ1) is 11.8. The van der Waals surface area contributed by atoms with Crippen LogP contribution in [0.25, 0.3) is 6.08 Å². The Balaban J connectivity index is 2.44. The first-order valence-corrected chi connectivity index (χ1v) is 10.6. The minimum atomic E-state index is -3.38. The predicted octanol–water partition coefficient (Wildman–Crippen LogP) is 3.89. The Hall–Kier alpha value is -1.82. The molecule has 1 aromatic rings. The fourth-order valence-corrected chi connectivity index (χ4v) is 3.78. The molecule has 2 rings (SSSR count). The summed E-state index contributed by atoms with van der Waals surface area (Å²) in [6.45, 7) is 6.80. The van der Waals surface area contributed by atoms with Crippen LogP contribution >= 0.6 is 0 Å². The fraction of sp³-hybridized carbons (Fsp3) is 0.526. The van der Waals surface area contributed by atoms with Crippen LogP contribution in [0.3, 0.4) is 0 Å². The van der Waals surface area contributed by atoms with Gasteiger partial charge in [0.1, 0.15) is 0 Å². The number of ether oxygens (including phenoxy) is 1. The normalized spacial score (nSPS) is 19.8. The van der Waals surface area contributed by atoms with Crippen LogP contribution in [0.1, 0.15) is 44.7 Å². The lowest BCUT2D eigenvalue weighted by atomic mass is 10.1. The maximum Gasteiger partial charge on any atom is 0.232 e. The van der Waals surface area contributed by atoms with E-state index in [1.54, 1.807) is 6.07 Å². The van der Waals surface area contributed by atoms with Crippen LogP contribution in [0.15, 0.2) is 24.3 Å². The number of sulfonamides is 1. The zero-order chi connectivity index (χ0) is 18.6. The zero-order valence-corrected chi connectivity index (χ0v) is 16.3. The topological polar surface area (TPSA) is 70.5 Å². The average Bonchev–Trinajstić information content (AvgIpc) is 3.25. The summed E-state index contributed by atoms with van der Waals surface area (Å²) in [5, 5.41) is 8.07. The van der Waals surface area contributed by atoms with Gasteiger partial charge in [0.15, 0.2) is 0 Å². The smallest absolute Gasteiger partial charge is 0.232 e. The van der Waals surface area contributed by atoms with Gasteiger partial charge in [0.05, 0.1) is 18.6 Å². The van der Waals surface area contributed by atoms with E-state index in [9.17, 15) is 8.42 Å². The van der Waals surface area contributed by atoms with Crippen molar-refractivity contribution < 1.29 is 13.2 Å². The summed E-state index contributed by atoms with van der Waals surface area (Å²) >= 11 is 0. The molecule has 0 radical (unpaired) electrons. The molecule has 0 spiro atoms. The van der Waals surface area contributed by atoms with Crippen LogP contribution in [-0.4, -0.2) is 33.7 Å². The molecule has 1 fully saturated rings. The zero-order valence-electron chi connectivity index (χ0n) is 15.5. The lowest BCUT2D eigenvalue weighted by Crippen LogP contribution is -2.30. The molecule has 1 N–H and O–H groups in total. The largest absolute Gasteiger partial charge is 0.478 e. The second-order valence-corrected chi connectivity index (χ2v) is 8.55. The third-order valence-electron chi connectivity index (χ3n) is 4.31. The summed E-state index contributed by atoms with van der Waals surface area (Å²) in [5.41, 5.74) is 2.06. The summed E-state index contributed by atoms with van der Waals surface area (Å²) < 4.78 is 31.1. The van der Waals surface area contributed by atoms with Crippen molar-refractivity contribution in [3.63, 3.8) is 0 Å². The Bertz CT molecular complexity index is 756. The molecule has 1 saturated carbocycles. The van der Waals surface area contributed by atoms with E-state index in [0.29, 0.717) is 42.7 Å². The number of anilines is 1. The molecule has 6 heteroatoms. The van der Waals surface area contributed by atoms with Crippen molar-refractivity contribution in [3.05, 3.63) is 35.4 Å². The molecule has 0 saturated heterocycles. The molecule has 0 heterocycles. The summed E-state index contributed by atoms with van der Waals surface area (Å²) in [5.74, 6) is 1.37. The standard InChI is InChI=1S/C19H28N2O3S/c1-5-9-21(25(4,22)23)18-12-15(7-8-16-10-14(16)3)11-17(13-18)19(20)24-6-2/h7-8,11-14,16,20H,5-6,9-10H2,1-4H3. The van der Waals surface area contributed by atoms with E-state index >= 15 is 0 Å². The highest BCUT2D eigenvalue weighted by Crippen LogP contribution is 2.39. The molecule has 2 unspecified atom stereocenters. The first kappa shape index (κ1) is 19.5. The highest BCUT2D eigenvalue weighted by Gasteiger charge is 2.29. The fourth-order valence-electron chi connectivity index (χ4n) is 2.78. The third kappa shape index (κ3) is 5.33. The second kappa shape index (κ2) is 8.04. The summed E-state index contributed by atoms with van der Waals surface area (Å²) in [4.78, 5) is 0. The Morgan fingerprint density at radius 1 is 1.36 bits per heavy atom. The van der Waals surface area contributed by atoms with E-state index in [4.69, 9.17) is 10.1 Å². The number of hydrogen-bond donors (Lipinski definition) is 1. The SMILES string of the molecule is CCCN(c1cc(C=CC2CC2C)cc(C(=N)OCC)c1)S(C)(=O)=O. The van der Waals surface area contributed by atoms with Crippen molar-refractivity contribution in [1.29, 1.82) is 5.41 Å². The molecule has 2 atom stereocenters. The first-order valence-electron chi connectivity index (χ1n) is 8.79. The number of nitrogens with zero attached hydrogens (tertiary/aromatic N) is 1. The lowest BCUT2D eigenvalue weighted by molar-refractivity contribution is 0.325. The second-order valence-electron chi connectivity index (χ2n) is 6.65. The van der Waals surface area contributed by atoms with Gasteiger partial charge < -0.3 is 4.74 Å². The van der Waals surface area contributed by atoms with Crippen LogP contribution in [0.4, 0.5) is 5.69 Å². The third-order valence-corrected chi connectivity index (χ3v) is 5.51. The maximum absolute atomic E-state index is 12.2. The molecule has 1 aromatic carbocycles. The van der Waals surface area contributed by atoms with Crippen LogP contribution in [0.2, 0.25) is 0 Å². The molecule has 0 bridgehead atoms. The van der Waals surface area contributed by atoms with E-state index in [1.807, 2.05) is 32.1 Å². The number of hydrogen-bond acceptors (Lipinski definition) is 4. The van der Waals surface area contributed by atoms with Crippen molar-refractivity contribution in [3.8, 4) is 0 Å². The summed E-state index contributed by atoms with van der Waals surface area (Å²) in [6, 6.07) is 5.45. The van der Waals surface area contributed by atoms with Crippen molar-refractivity contribution >= 4 is 27.7 Å². The number of rotatable bonds is 8. The Morgan fingerprint density at radius 3 is 2.56 bits per heavy atom. The lowest BCUT2D eigenvalue weighted by Gasteiger charge is -2.23. The van der Waals surface area contributed by atoms with E-state index in [0.717, 1.165) is 5.56 Å². The van der Waals surface area contributed by atoms with Gasteiger partial charge in [0.25, 0.3) is 0 Å². The van der Waals surface area contributed by atoms with Gasteiger partial charge >= 0.3 is 0 Å². The highest BCUT2D eigenvalue weighted by atomic mass is 32.2. The maximum atomic E-state index is 12.2. The van der Waals surface area contributed by atoms with Gasteiger partial charge in [-0.05, 0) is 55.4 Å². The van der Waals surface area contributed by atoms with Crippen LogP contribution in [0, 0.1) is 17.2 Å². The van der Waals surface area contributed by atoms with Crippen molar-refractivity contribution in [2.45, 2.75) is 33.6 Å². The van der Waals surface area contributed by atoms with Crippen molar-refractivity contribution in [2.24, 2.45) is 11.8 Å². The molecule has 138 valence electrons. The molecule has 25 heavy (non-hydrogen) atoms. The molecule has 1 aliphatic carbocycles. The van der Waals surface area contributed by atoms with E-state index in [-0.39, 0.29) is 5.90 Å². The number of benzene rings is 1. The van der Waals surface area contributed by atoms with Crippen LogP contribution < -0.4 is 4.31 Å². The average molecular weight is 365 g/mol. The molecule has 0 aromatic heterocycles. The van der Waals surface area contributed by atoms with Crippen molar-refractivity contribution in [1.82, 2.24) is 0 Å². The molecule has 1 aliphatic rings. The highest BCUT2D eigenvalue weighted by molar-refractivity contribution is 7.92. The van der Waals surface area contributed by atoms with Crippen molar-refractivity contribution in [2.75, 3.05) is 23.7 Å². The van der Waals surface area contributed by atoms with E-state index < -0.39 is 10.0 Å². The van der Waals surface area contributed by atoms with Gasteiger partial charge in [-0.1, -0.05) is 26.0 Å². The number of nitrogens with one attached hydrogen (secondary N) is 1. The summed E-state index contributed by atoms with van der Waals surface area (Å²) in [6.07, 6.45) is 7.31. The predicted molar refractivity (Wildman–Crippen MR) is 104 cm³/mol. The molecular weight excluding hydrogens is 336 g/mol. The minimum absolute atomic E-state index is 0.0590. The number of allylic oxidation sites excluding steroid dienone is 1. The Labute approximate surface area is 151 Å². The molecule has 0 amide bonds. The van der Waals surface area contributed by atoms with Crippen LogP contribution in [0.5, 0.6) is 0 Å². The van der Waals surface area contributed by atoms with Gasteiger partial charge in [-0.2, -0.15) is 0 Å². The molecular formula is C19H28N2O3S. The summed E-state index contributed by atoms with van der Waals surface area (Å²) in [7, 11) is -3.38. The van der Waals surface area contributed by atoms with Gasteiger partial charge in [-0.25, -0.2) is 8.42 Å². The van der Waals surface area contributed by atoms with Crippen LogP contribution in [-0.2, 0) is 14.8 Å². The van der Waals surface area contributed by atoms with Gasteiger partial charge in [0, 0.05) is 12.1 Å². The quantitative estimate of drug-likeness (QED) is 0.562. The molecule has 5 nitrogen and oxygen atoms in total. The minimum Gasteiger partial charge on any atom is -0.478 e. The van der Waals surface area contributed by atoms with E-state index in [2.05, 4.69) is 13.0 Å². The molecule has 0 aliphatic heterocycles. The Kier molecular flexibility index (Phi) is 6.27.